The number of hydrogen-bond acceptors (Lipinski definition) is 3. The first-order valence-corrected chi connectivity index (χ1v) is 5.28. The van der Waals surface area contributed by atoms with Crippen molar-refractivity contribution < 1.29 is 0 Å². The van der Waals surface area contributed by atoms with Crippen molar-refractivity contribution in [2.24, 2.45) is 0 Å². The molecule has 2 aromatic heterocycles. The molecular weight excluding hydrogens is 204 g/mol. The van der Waals surface area contributed by atoms with Crippen molar-refractivity contribution >= 4 is 5.69 Å². The largest absolute Gasteiger partial charge is 0.397 e. The maximum Gasteiger partial charge on any atom is 0.272 e. The third kappa shape index (κ3) is 1.50. The van der Waals surface area contributed by atoms with Gasteiger partial charge in [0.2, 0.25) is 0 Å². The Kier molecular flexibility index (Phi) is 1.86. The Morgan fingerprint density at radius 2 is 2.25 bits per heavy atom. The molecule has 0 spiro atoms. The highest BCUT2D eigenvalue weighted by molar-refractivity contribution is 5.38. The van der Waals surface area contributed by atoms with E-state index in [1.807, 2.05) is 0 Å². The third-order valence-corrected chi connectivity index (χ3v) is 2.76. The fraction of sp³-hybridized carbons (Fsp3) is 0.273. The summed E-state index contributed by atoms with van der Waals surface area (Å²) in [5, 5.41) is 3.08. The molecule has 1 saturated carbocycles. The lowest BCUT2D eigenvalue weighted by Crippen LogP contribution is -2.14. The second-order valence-corrected chi connectivity index (χ2v) is 4.11. The number of H-pyrrole nitrogens is 1. The lowest BCUT2D eigenvalue weighted by molar-refractivity contribution is 0.792. The van der Waals surface area contributed by atoms with Gasteiger partial charge in [0.25, 0.3) is 5.56 Å². The number of anilines is 1. The summed E-state index contributed by atoms with van der Waals surface area (Å²) in [6.07, 6.45) is 3.86. The van der Waals surface area contributed by atoms with Gasteiger partial charge in [0.05, 0.1) is 11.9 Å². The van der Waals surface area contributed by atoms with Crippen LogP contribution in [0.2, 0.25) is 0 Å². The van der Waals surface area contributed by atoms with E-state index in [1.54, 1.807) is 24.4 Å². The zero-order valence-corrected chi connectivity index (χ0v) is 8.68. The average Bonchev–Trinajstić information content (AvgIpc) is 3.04. The van der Waals surface area contributed by atoms with Crippen LogP contribution in [-0.4, -0.2) is 14.8 Å². The van der Waals surface area contributed by atoms with Gasteiger partial charge in [-0.1, -0.05) is 0 Å². The van der Waals surface area contributed by atoms with Crippen LogP contribution in [0, 0.1) is 0 Å². The molecule has 1 aliphatic carbocycles. The van der Waals surface area contributed by atoms with Crippen LogP contribution in [0.25, 0.3) is 5.82 Å². The zero-order chi connectivity index (χ0) is 11.1. The molecule has 0 aliphatic heterocycles. The van der Waals surface area contributed by atoms with E-state index in [0.717, 1.165) is 18.5 Å². The van der Waals surface area contributed by atoms with Crippen molar-refractivity contribution in [2.45, 2.75) is 18.8 Å². The number of aromatic nitrogens is 3. The van der Waals surface area contributed by atoms with Crippen LogP contribution < -0.4 is 11.3 Å². The number of nitrogens with two attached hydrogens (primary N) is 1. The molecule has 16 heavy (non-hydrogen) atoms. The van der Waals surface area contributed by atoms with E-state index in [2.05, 4.69) is 10.1 Å². The molecule has 0 aromatic carbocycles. The van der Waals surface area contributed by atoms with Gasteiger partial charge in [0.1, 0.15) is 0 Å². The van der Waals surface area contributed by atoms with Gasteiger partial charge in [-0.25, -0.2) is 9.67 Å². The number of hydrogen-bond donors (Lipinski definition) is 2. The normalized spacial score (nSPS) is 15.2. The van der Waals surface area contributed by atoms with Gasteiger partial charge < -0.3 is 5.73 Å². The van der Waals surface area contributed by atoms with Gasteiger partial charge in [-0.2, -0.15) is 0 Å². The summed E-state index contributed by atoms with van der Waals surface area (Å²) >= 11 is 0. The van der Waals surface area contributed by atoms with Crippen LogP contribution in [0.3, 0.4) is 0 Å². The molecule has 1 fully saturated rings. The van der Waals surface area contributed by atoms with Gasteiger partial charge in [0, 0.05) is 17.7 Å². The predicted molar refractivity (Wildman–Crippen MR) is 60.6 cm³/mol. The van der Waals surface area contributed by atoms with E-state index in [9.17, 15) is 4.79 Å². The molecule has 5 nitrogen and oxygen atoms in total. The van der Waals surface area contributed by atoms with Crippen molar-refractivity contribution in [3.05, 3.63) is 40.4 Å². The zero-order valence-electron chi connectivity index (χ0n) is 8.68. The second-order valence-electron chi connectivity index (χ2n) is 4.11. The summed E-state index contributed by atoms with van der Waals surface area (Å²) in [7, 11) is 0. The Morgan fingerprint density at radius 3 is 2.88 bits per heavy atom. The van der Waals surface area contributed by atoms with Crippen LogP contribution in [0.15, 0.2) is 29.2 Å². The summed E-state index contributed by atoms with van der Waals surface area (Å²) in [5.41, 5.74) is 7.07. The van der Waals surface area contributed by atoms with E-state index < -0.39 is 0 Å². The molecule has 1 aliphatic rings. The van der Waals surface area contributed by atoms with Gasteiger partial charge in [-0.15, -0.1) is 0 Å². The predicted octanol–water partition coefficient (Wildman–Crippen LogP) is 1.02. The minimum atomic E-state index is -0.0702. The molecule has 5 heteroatoms. The standard InChI is InChI=1S/C11H12N4O/c12-8-3-4-10(13-6-8)15-11(16)5-9(14-15)7-1-2-7/h3-7,14H,1-2,12H2. The van der Waals surface area contributed by atoms with Crippen LogP contribution >= 0.6 is 0 Å². The molecule has 0 unspecified atom stereocenters. The molecule has 3 rings (SSSR count). The van der Waals surface area contributed by atoms with Crippen molar-refractivity contribution in [3.8, 4) is 5.82 Å². The molecule has 0 atom stereocenters. The van der Waals surface area contributed by atoms with E-state index >= 15 is 0 Å². The first-order chi connectivity index (χ1) is 7.74. The molecular formula is C11H12N4O. The van der Waals surface area contributed by atoms with Crippen molar-refractivity contribution in [1.82, 2.24) is 14.8 Å². The van der Waals surface area contributed by atoms with Crippen LogP contribution in [0.4, 0.5) is 5.69 Å². The van der Waals surface area contributed by atoms with Crippen LogP contribution in [0.1, 0.15) is 24.5 Å². The lowest BCUT2D eigenvalue weighted by Gasteiger charge is -2.00. The number of pyridine rings is 1. The number of rotatable bonds is 2. The van der Waals surface area contributed by atoms with E-state index in [1.165, 1.54) is 4.68 Å². The molecule has 0 saturated heterocycles. The van der Waals surface area contributed by atoms with Gasteiger partial charge >= 0.3 is 0 Å². The summed E-state index contributed by atoms with van der Waals surface area (Å²) < 4.78 is 1.45. The molecule has 2 aromatic rings. The average molecular weight is 216 g/mol. The summed E-state index contributed by atoms with van der Waals surface area (Å²) in [4.78, 5) is 15.8. The maximum absolute atomic E-state index is 11.7. The molecule has 2 heterocycles. The Balaban J connectivity index is 2.05. The summed E-state index contributed by atoms with van der Waals surface area (Å²) in [5.74, 6) is 1.11. The Morgan fingerprint density at radius 1 is 1.44 bits per heavy atom. The highest BCUT2D eigenvalue weighted by atomic mass is 16.1. The van der Waals surface area contributed by atoms with E-state index in [4.69, 9.17) is 5.73 Å². The molecule has 3 N–H and O–H groups in total. The minimum absolute atomic E-state index is 0.0702. The monoisotopic (exact) mass is 216 g/mol. The van der Waals surface area contributed by atoms with Gasteiger partial charge in [0.15, 0.2) is 5.82 Å². The third-order valence-electron chi connectivity index (χ3n) is 2.76. The second kappa shape index (κ2) is 3.23. The first kappa shape index (κ1) is 9.21. The van der Waals surface area contributed by atoms with Crippen LogP contribution in [0.5, 0.6) is 0 Å². The van der Waals surface area contributed by atoms with E-state index in [-0.39, 0.29) is 5.56 Å². The Labute approximate surface area is 91.9 Å². The van der Waals surface area contributed by atoms with Gasteiger partial charge in [-0.05, 0) is 25.0 Å². The van der Waals surface area contributed by atoms with Crippen LogP contribution in [-0.2, 0) is 0 Å². The van der Waals surface area contributed by atoms with E-state index in [0.29, 0.717) is 17.4 Å². The van der Waals surface area contributed by atoms with Crippen molar-refractivity contribution in [3.63, 3.8) is 0 Å². The smallest absolute Gasteiger partial charge is 0.272 e. The fourth-order valence-corrected chi connectivity index (χ4v) is 1.72. The number of nitrogens with one attached hydrogen (secondary N) is 1. The fourth-order valence-electron chi connectivity index (χ4n) is 1.72. The molecule has 0 amide bonds. The Bertz CT molecular complexity index is 562. The summed E-state index contributed by atoms with van der Waals surface area (Å²) in [6, 6.07) is 5.10. The molecule has 82 valence electrons. The number of aromatic amines is 1. The van der Waals surface area contributed by atoms with Crippen molar-refractivity contribution in [2.75, 3.05) is 5.73 Å². The highest BCUT2D eigenvalue weighted by Crippen LogP contribution is 2.38. The Hall–Kier alpha value is -2.04. The highest BCUT2D eigenvalue weighted by Gasteiger charge is 2.26. The number of nitrogen functional groups attached to an aromatic ring is 1. The maximum atomic E-state index is 11.7. The summed E-state index contributed by atoms with van der Waals surface area (Å²) in [6.45, 7) is 0. The number of nitrogens with zero attached hydrogens (tertiary/aromatic N) is 2. The topological polar surface area (TPSA) is 76.7 Å². The minimum Gasteiger partial charge on any atom is -0.397 e. The lowest BCUT2D eigenvalue weighted by atomic mass is 10.3. The van der Waals surface area contributed by atoms with Crippen molar-refractivity contribution in [1.29, 1.82) is 0 Å². The SMILES string of the molecule is Nc1ccc(-n2[nH]c(C3CC3)cc2=O)nc1. The quantitative estimate of drug-likeness (QED) is 0.786. The molecule has 0 radical (unpaired) electrons. The first-order valence-electron chi connectivity index (χ1n) is 5.28. The molecule has 0 bridgehead atoms. The van der Waals surface area contributed by atoms with Gasteiger partial charge in [-0.3, -0.25) is 9.89 Å².